The molecule has 4 heteroatoms. The Morgan fingerprint density at radius 3 is 2.75 bits per heavy atom. The van der Waals surface area contributed by atoms with E-state index in [0.29, 0.717) is 5.92 Å². The number of fused-ring (bicyclic) bond motifs is 1. The zero-order valence-corrected chi connectivity index (χ0v) is 15.0. The molecule has 4 rings (SSSR count). The Hall–Kier alpha value is -1.91. The Morgan fingerprint density at radius 1 is 1.08 bits per heavy atom. The second-order valence-electron chi connectivity index (χ2n) is 5.83. The third-order valence-corrected chi connectivity index (χ3v) is 6.79. The second kappa shape index (κ2) is 6.91. The van der Waals surface area contributed by atoms with Crippen LogP contribution in [0.4, 0.5) is 5.69 Å². The average molecular weight is 351 g/mol. The molecule has 0 fully saturated rings. The zero-order chi connectivity index (χ0) is 16.4. The maximum Gasteiger partial charge on any atom is 0.0561 e. The zero-order valence-electron chi connectivity index (χ0n) is 13.4. The summed E-state index contributed by atoms with van der Waals surface area (Å²) in [7, 11) is 0. The third-order valence-electron chi connectivity index (χ3n) is 4.15. The first-order valence-corrected chi connectivity index (χ1v) is 9.80. The number of hydrogen-bond acceptors (Lipinski definition) is 4. The van der Waals surface area contributed by atoms with Gasteiger partial charge in [-0.05, 0) is 35.4 Å². The normalized spacial score (nSPS) is 19.7. The van der Waals surface area contributed by atoms with Crippen molar-refractivity contribution in [3.63, 3.8) is 0 Å². The summed E-state index contributed by atoms with van der Waals surface area (Å²) in [6.07, 6.45) is 4.23. The molecule has 2 aliphatic rings. The third kappa shape index (κ3) is 3.17. The highest BCUT2D eigenvalue weighted by molar-refractivity contribution is 8.07. The summed E-state index contributed by atoms with van der Waals surface area (Å²) in [6, 6.07) is 18.8. The van der Waals surface area contributed by atoms with Crippen LogP contribution in [0.3, 0.4) is 0 Å². The van der Waals surface area contributed by atoms with Crippen LogP contribution in [0.2, 0.25) is 0 Å². The average Bonchev–Trinajstić information content (AvgIpc) is 2.63. The molecule has 120 valence electrons. The molecule has 24 heavy (non-hydrogen) atoms. The molecular weight excluding hydrogens is 332 g/mol. The van der Waals surface area contributed by atoms with Gasteiger partial charge in [0.2, 0.25) is 0 Å². The number of allylic oxidation sites excluding steroid dienone is 2. The van der Waals surface area contributed by atoms with Gasteiger partial charge in [0.25, 0.3) is 0 Å². The number of anilines is 1. The Kier molecular flexibility index (Phi) is 4.50. The fraction of sp³-hybridized carbons (Fsp3) is 0.150. The topological polar surface area (TPSA) is 24.4 Å². The highest BCUT2D eigenvalue weighted by Gasteiger charge is 2.27. The van der Waals surface area contributed by atoms with Crippen LogP contribution in [0.5, 0.6) is 0 Å². The molecule has 0 spiro atoms. The summed E-state index contributed by atoms with van der Waals surface area (Å²) >= 11 is 3.82. The van der Waals surface area contributed by atoms with Crippen LogP contribution < -0.4 is 5.43 Å². The summed E-state index contributed by atoms with van der Waals surface area (Å²) in [5.74, 6) is 1.46. The van der Waals surface area contributed by atoms with E-state index in [2.05, 4.69) is 47.8 Å². The molecule has 0 radical (unpaired) electrons. The standard InChI is InChI=1S/C20H18N2S2/c1-14-17-9-5-6-10-18(17)24-19-11-15(13-23-20(14)19)12-21-22-16-7-3-2-4-8-16/h2-12,14,22H,13H2,1H3/b21-12+. The summed E-state index contributed by atoms with van der Waals surface area (Å²) in [6.45, 7) is 2.31. The number of hydrazone groups is 1. The van der Waals surface area contributed by atoms with E-state index in [1.165, 1.54) is 25.8 Å². The first-order chi connectivity index (χ1) is 11.8. The molecule has 2 aromatic rings. The smallest absolute Gasteiger partial charge is 0.0561 e. The number of nitrogens with zero attached hydrogens (tertiary/aromatic N) is 1. The van der Waals surface area contributed by atoms with Crippen molar-refractivity contribution in [1.29, 1.82) is 0 Å². The van der Waals surface area contributed by atoms with E-state index in [-0.39, 0.29) is 0 Å². The molecule has 2 aromatic carbocycles. The Balaban J connectivity index is 1.52. The first-order valence-electron chi connectivity index (χ1n) is 8.00. The lowest BCUT2D eigenvalue weighted by Crippen LogP contribution is -2.09. The van der Waals surface area contributed by atoms with Crippen molar-refractivity contribution in [3.8, 4) is 0 Å². The summed E-state index contributed by atoms with van der Waals surface area (Å²) in [5, 5.41) is 4.38. The van der Waals surface area contributed by atoms with Crippen molar-refractivity contribution in [2.45, 2.75) is 17.7 Å². The van der Waals surface area contributed by atoms with Gasteiger partial charge in [-0.25, -0.2) is 0 Å². The second-order valence-corrected chi connectivity index (χ2v) is 7.93. The maximum atomic E-state index is 4.38. The number of rotatable bonds is 3. The molecule has 0 saturated heterocycles. The largest absolute Gasteiger partial charge is 0.279 e. The molecule has 1 N–H and O–H groups in total. The maximum absolute atomic E-state index is 4.38. The Labute approximate surface area is 151 Å². The van der Waals surface area contributed by atoms with Gasteiger partial charge in [0.1, 0.15) is 0 Å². The quantitative estimate of drug-likeness (QED) is 0.553. The molecular formula is C20H18N2S2. The van der Waals surface area contributed by atoms with Crippen LogP contribution in [-0.4, -0.2) is 12.0 Å². The molecule has 0 amide bonds. The van der Waals surface area contributed by atoms with E-state index < -0.39 is 0 Å². The minimum atomic E-state index is 0.486. The predicted octanol–water partition coefficient (Wildman–Crippen LogP) is 5.88. The lowest BCUT2D eigenvalue weighted by molar-refractivity contribution is 0.909. The number of thioether (sulfide) groups is 2. The molecule has 2 nitrogen and oxygen atoms in total. The summed E-state index contributed by atoms with van der Waals surface area (Å²) in [5.41, 5.74) is 6.79. The fourth-order valence-corrected chi connectivity index (χ4v) is 5.49. The minimum Gasteiger partial charge on any atom is -0.279 e. The van der Waals surface area contributed by atoms with Crippen molar-refractivity contribution in [3.05, 3.63) is 81.6 Å². The van der Waals surface area contributed by atoms with Gasteiger partial charge < -0.3 is 0 Å². The molecule has 2 aliphatic heterocycles. The van der Waals surface area contributed by atoms with Crippen LogP contribution in [0.25, 0.3) is 0 Å². The lowest BCUT2D eigenvalue weighted by atomic mass is 9.99. The number of hydrogen-bond donors (Lipinski definition) is 1. The van der Waals surface area contributed by atoms with Gasteiger partial charge in [0.15, 0.2) is 0 Å². The Bertz CT molecular complexity index is 838. The van der Waals surface area contributed by atoms with E-state index >= 15 is 0 Å². The van der Waals surface area contributed by atoms with Crippen LogP contribution in [0, 0.1) is 0 Å². The SMILES string of the molecule is CC1C2=C(C=C(/C=N/Nc3ccccc3)CS2)Sc2ccccc21. The van der Waals surface area contributed by atoms with Crippen LogP contribution in [0.15, 0.2) is 86.1 Å². The number of benzene rings is 2. The van der Waals surface area contributed by atoms with E-state index in [0.717, 1.165) is 11.4 Å². The highest BCUT2D eigenvalue weighted by Crippen LogP contribution is 2.51. The summed E-state index contributed by atoms with van der Waals surface area (Å²) in [4.78, 5) is 4.24. The van der Waals surface area contributed by atoms with Crippen LogP contribution in [-0.2, 0) is 0 Å². The monoisotopic (exact) mass is 350 g/mol. The van der Waals surface area contributed by atoms with Crippen LogP contribution in [0.1, 0.15) is 18.4 Å². The lowest BCUT2D eigenvalue weighted by Gasteiger charge is -2.29. The molecule has 1 atom stereocenters. The van der Waals surface area contributed by atoms with Crippen molar-refractivity contribution in [2.75, 3.05) is 11.2 Å². The van der Waals surface area contributed by atoms with Gasteiger partial charge in [-0.15, -0.1) is 11.8 Å². The number of para-hydroxylation sites is 1. The Morgan fingerprint density at radius 2 is 1.88 bits per heavy atom. The molecule has 0 aliphatic carbocycles. The van der Waals surface area contributed by atoms with Gasteiger partial charge in [-0.2, -0.15) is 5.10 Å². The van der Waals surface area contributed by atoms with Gasteiger partial charge >= 0.3 is 0 Å². The predicted molar refractivity (Wildman–Crippen MR) is 107 cm³/mol. The van der Waals surface area contributed by atoms with Gasteiger partial charge in [-0.3, -0.25) is 5.43 Å². The van der Waals surface area contributed by atoms with Crippen molar-refractivity contribution >= 4 is 35.4 Å². The minimum absolute atomic E-state index is 0.486. The van der Waals surface area contributed by atoms with Crippen molar-refractivity contribution < 1.29 is 0 Å². The van der Waals surface area contributed by atoms with Gasteiger partial charge in [0.05, 0.1) is 11.9 Å². The molecule has 0 saturated carbocycles. The van der Waals surface area contributed by atoms with Crippen molar-refractivity contribution in [1.82, 2.24) is 0 Å². The highest BCUT2D eigenvalue weighted by atomic mass is 32.2. The van der Waals surface area contributed by atoms with E-state index in [1.54, 1.807) is 0 Å². The number of nitrogens with one attached hydrogen (secondary N) is 1. The molecule has 0 bridgehead atoms. The van der Waals surface area contributed by atoms with Gasteiger partial charge in [0, 0.05) is 26.4 Å². The summed E-state index contributed by atoms with van der Waals surface area (Å²) < 4.78 is 0. The van der Waals surface area contributed by atoms with Crippen molar-refractivity contribution in [2.24, 2.45) is 5.10 Å². The fourth-order valence-electron chi connectivity index (χ4n) is 2.90. The molecule has 0 aromatic heterocycles. The van der Waals surface area contributed by atoms with E-state index in [4.69, 9.17) is 0 Å². The molecule has 1 unspecified atom stereocenters. The van der Waals surface area contributed by atoms with Gasteiger partial charge in [-0.1, -0.05) is 55.1 Å². The molecule has 2 heterocycles. The van der Waals surface area contributed by atoms with E-state index in [9.17, 15) is 0 Å². The first kappa shape index (κ1) is 15.6. The van der Waals surface area contributed by atoms with Crippen LogP contribution >= 0.6 is 23.5 Å². The van der Waals surface area contributed by atoms with E-state index in [1.807, 2.05) is 60.1 Å².